The van der Waals surface area contributed by atoms with Crippen molar-refractivity contribution >= 4 is 24.0 Å². The van der Waals surface area contributed by atoms with Gasteiger partial charge in [0.25, 0.3) is 5.82 Å². The molecule has 10 heteroatoms. The second kappa shape index (κ2) is 9.98. The molecule has 154 valence electrons. The highest BCUT2D eigenvalue weighted by Crippen LogP contribution is 2.23. The molecule has 1 aromatic rings. The van der Waals surface area contributed by atoms with Gasteiger partial charge in [0, 0.05) is 12.6 Å². The highest BCUT2D eigenvalue weighted by Gasteiger charge is 2.39. The van der Waals surface area contributed by atoms with E-state index >= 15 is 0 Å². The van der Waals surface area contributed by atoms with Gasteiger partial charge < -0.3 is 10.1 Å². The highest BCUT2D eigenvalue weighted by molar-refractivity contribution is 5.96. The Morgan fingerprint density at radius 3 is 2.93 bits per heavy atom. The van der Waals surface area contributed by atoms with Crippen LogP contribution in [0.4, 0.5) is 10.2 Å². The van der Waals surface area contributed by atoms with Gasteiger partial charge >= 0.3 is 5.91 Å². The van der Waals surface area contributed by atoms with E-state index in [4.69, 9.17) is 0 Å². The van der Waals surface area contributed by atoms with Crippen LogP contribution in [0.5, 0.6) is 0 Å². The number of rotatable bonds is 9. The van der Waals surface area contributed by atoms with Gasteiger partial charge in [0.1, 0.15) is 12.2 Å². The predicted octanol–water partition coefficient (Wildman–Crippen LogP) is 1.04. The topological polar surface area (TPSA) is 117 Å². The number of hydroxylamine groups is 2. The Morgan fingerprint density at radius 1 is 1.54 bits per heavy atom. The van der Waals surface area contributed by atoms with Gasteiger partial charge in [0.2, 0.25) is 12.3 Å². The first-order chi connectivity index (χ1) is 13.4. The number of halogens is 1. The van der Waals surface area contributed by atoms with Gasteiger partial charge in [-0.1, -0.05) is 19.8 Å². The fourth-order valence-corrected chi connectivity index (χ4v) is 3.31. The molecule has 1 saturated heterocycles. The Balaban J connectivity index is 2.10. The van der Waals surface area contributed by atoms with Crippen LogP contribution in [0.25, 0.3) is 0 Å². The zero-order valence-electron chi connectivity index (χ0n) is 15.7. The molecule has 1 aliphatic heterocycles. The van der Waals surface area contributed by atoms with E-state index in [9.17, 15) is 29.2 Å². The van der Waals surface area contributed by atoms with Gasteiger partial charge in [-0.15, -0.1) is 0 Å². The second-order valence-electron chi connectivity index (χ2n) is 6.80. The summed E-state index contributed by atoms with van der Waals surface area (Å²) in [5.41, 5.74) is 0. The molecule has 2 rings (SSSR count). The van der Waals surface area contributed by atoms with Crippen molar-refractivity contribution in [1.29, 1.82) is 0 Å². The lowest BCUT2D eigenvalue weighted by molar-refractivity contribution is -0.591. The van der Waals surface area contributed by atoms with E-state index in [-0.39, 0.29) is 29.4 Å². The first-order valence-electron chi connectivity index (χ1n) is 9.28. The molecular formula is C18H25FN4O5. The minimum Gasteiger partial charge on any atom is -0.711 e. The smallest absolute Gasteiger partial charge is 0.330 e. The minimum atomic E-state index is -0.773. The van der Waals surface area contributed by atoms with Gasteiger partial charge in [-0.2, -0.15) is 0 Å². The number of anilines is 1. The normalized spacial score (nSPS) is 17.2. The molecule has 0 spiro atoms. The third-order valence-corrected chi connectivity index (χ3v) is 4.75. The number of hydrogen-bond acceptors (Lipinski definition) is 5. The molecule has 3 amide bonds. The van der Waals surface area contributed by atoms with Crippen molar-refractivity contribution in [2.75, 3.05) is 18.4 Å². The molecule has 2 atom stereocenters. The number of nitrogens with zero attached hydrogens (tertiary/aromatic N) is 3. The van der Waals surface area contributed by atoms with Crippen molar-refractivity contribution in [2.45, 2.75) is 45.1 Å². The molecule has 28 heavy (non-hydrogen) atoms. The summed E-state index contributed by atoms with van der Waals surface area (Å²) in [5, 5.41) is 24.1. The fourth-order valence-electron chi connectivity index (χ4n) is 3.31. The summed E-state index contributed by atoms with van der Waals surface area (Å²) in [5.74, 6) is -2.34. The molecular weight excluding hydrogens is 371 g/mol. The van der Waals surface area contributed by atoms with Crippen molar-refractivity contribution in [3.05, 3.63) is 29.4 Å². The summed E-state index contributed by atoms with van der Waals surface area (Å²) >= 11 is 0. The van der Waals surface area contributed by atoms with Crippen LogP contribution in [-0.4, -0.2) is 52.5 Å². The quantitative estimate of drug-likeness (QED) is 0.213. The summed E-state index contributed by atoms with van der Waals surface area (Å²) in [6.07, 6.45) is 4.03. The molecule has 0 aliphatic carbocycles. The van der Waals surface area contributed by atoms with Gasteiger partial charge in [0.05, 0.1) is 12.5 Å². The predicted molar refractivity (Wildman–Crippen MR) is 96.3 cm³/mol. The Labute approximate surface area is 162 Å². The zero-order valence-corrected chi connectivity index (χ0v) is 15.7. The van der Waals surface area contributed by atoms with Crippen LogP contribution in [0.2, 0.25) is 0 Å². The van der Waals surface area contributed by atoms with E-state index in [1.54, 1.807) is 0 Å². The first kappa shape index (κ1) is 21.5. The number of amides is 3. The van der Waals surface area contributed by atoms with E-state index in [1.807, 2.05) is 6.92 Å². The molecule has 0 aromatic carbocycles. The molecule has 9 nitrogen and oxygen atoms in total. The molecule has 2 heterocycles. The van der Waals surface area contributed by atoms with Crippen molar-refractivity contribution in [1.82, 2.24) is 9.96 Å². The Hall–Kier alpha value is -2.75. The van der Waals surface area contributed by atoms with Crippen molar-refractivity contribution in [3.63, 3.8) is 0 Å². The van der Waals surface area contributed by atoms with E-state index < -0.39 is 23.7 Å². The third kappa shape index (κ3) is 5.38. The molecule has 0 radical (unpaired) electrons. The van der Waals surface area contributed by atoms with E-state index in [0.29, 0.717) is 37.1 Å². The molecule has 1 aliphatic rings. The van der Waals surface area contributed by atoms with Crippen LogP contribution in [0, 0.1) is 16.9 Å². The number of aromatic nitrogens is 1. The van der Waals surface area contributed by atoms with Crippen LogP contribution in [0.1, 0.15) is 39.0 Å². The maximum Gasteiger partial charge on any atom is 0.330 e. The van der Waals surface area contributed by atoms with E-state index in [1.165, 1.54) is 4.90 Å². The number of carbonyl (C=O) groups is 3. The van der Waals surface area contributed by atoms with Crippen molar-refractivity contribution in [3.8, 4) is 0 Å². The lowest BCUT2D eigenvalue weighted by Crippen LogP contribution is -2.48. The molecule has 1 aromatic heterocycles. The van der Waals surface area contributed by atoms with E-state index in [2.05, 4.69) is 5.32 Å². The van der Waals surface area contributed by atoms with Gasteiger partial charge in [0.15, 0.2) is 5.82 Å². The Morgan fingerprint density at radius 2 is 2.29 bits per heavy atom. The number of unbranched alkanes of at least 4 members (excludes halogenated alkanes) is 1. The fraction of sp³-hybridized carbons (Fsp3) is 0.556. The lowest BCUT2D eigenvalue weighted by atomic mass is 9.99. The number of hydrogen-bond donors (Lipinski definition) is 2. The molecule has 2 N–H and O–H groups in total. The highest BCUT2D eigenvalue weighted by atomic mass is 19.1. The number of pyridine rings is 1. The van der Waals surface area contributed by atoms with Crippen molar-refractivity contribution < 1.29 is 28.7 Å². The number of likely N-dealkylation sites (tertiary alicyclic amines) is 1. The largest absolute Gasteiger partial charge is 0.711 e. The average Bonchev–Trinajstić information content (AvgIpc) is 3.16. The maximum atomic E-state index is 13.0. The average molecular weight is 396 g/mol. The zero-order chi connectivity index (χ0) is 20.7. The molecule has 0 bridgehead atoms. The lowest BCUT2D eigenvalue weighted by Gasteiger charge is -2.28. The van der Waals surface area contributed by atoms with E-state index in [0.717, 1.165) is 25.0 Å². The third-order valence-electron chi connectivity index (χ3n) is 4.75. The Kier molecular flexibility index (Phi) is 7.68. The van der Waals surface area contributed by atoms with Crippen LogP contribution in [-0.2, 0) is 14.4 Å². The van der Waals surface area contributed by atoms with Gasteiger partial charge in [-0.3, -0.25) is 14.8 Å². The van der Waals surface area contributed by atoms with Crippen molar-refractivity contribution in [2.24, 2.45) is 5.92 Å². The first-order valence-corrected chi connectivity index (χ1v) is 9.28. The standard InChI is InChI=1S/C18H25FN4O5/c1-2-3-5-13(10-21(27)12-24)18(26)22-9-4-6-15(22)17(25)20-16-8-7-14(19)11-23(16)28/h7-8,11-13,15,27H,2-6,9-10H2,1H3,(H,20,25)/t13-,15+/m1/s1. The molecule has 0 unspecified atom stereocenters. The minimum absolute atomic E-state index is 0.129. The molecule has 1 fully saturated rings. The van der Waals surface area contributed by atoms with Crippen LogP contribution in [0.15, 0.2) is 18.3 Å². The summed E-state index contributed by atoms with van der Waals surface area (Å²) in [6, 6.07) is 1.43. The van der Waals surface area contributed by atoms with Crippen LogP contribution < -0.4 is 10.0 Å². The summed E-state index contributed by atoms with van der Waals surface area (Å²) < 4.78 is 13.3. The summed E-state index contributed by atoms with van der Waals surface area (Å²) in [4.78, 5) is 37.7. The SMILES string of the molecule is CCCC[C@H](CN(O)C=O)C(=O)N1CCC[C@H]1C(=O)Nc1ccc(F)c[n+]1[O-]. The van der Waals surface area contributed by atoms with Crippen LogP contribution >= 0.6 is 0 Å². The number of nitrogens with one attached hydrogen (secondary N) is 1. The maximum absolute atomic E-state index is 13.0. The monoisotopic (exact) mass is 396 g/mol. The second-order valence-corrected chi connectivity index (χ2v) is 6.80. The van der Waals surface area contributed by atoms with Gasteiger partial charge in [-0.25, -0.2) is 24.3 Å². The number of carbonyl (C=O) groups excluding carboxylic acids is 3. The summed E-state index contributed by atoms with van der Waals surface area (Å²) in [7, 11) is 0. The Bertz CT molecular complexity index is 717. The molecule has 0 saturated carbocycles. The summed E-state index contributed by atoms with van der Waals surface area (Å²) in [6.45, 7) is 2.18. The van der Waals surface area contributed by atoms with Crippen LogP contribution in [0.3, 0.4) is 0 Å². The van der Waals surface area contributed by atoms with Gasteiger partial charge in [-0.05, 0) is 25.3 Å².